The van der Waals surface area contributed by atoms with Crippen molar-refractivity contribution in [2.45, 2.75) is 18.8 Å². The van der Waals surface area contributed by atoms with Gasteiger partial charge in [-0.2, -0.15) is 5.10 Å². The van der Waals surface area contributed by atoms with Crippen molar-refractivity contribution in [2.24, 2.45) is 7.05 Å². The number of imide groups is 1. The third kappa shape index (κ3) is 3.78. The standard InChI is InChI=1S/C16H17N5O3/c1-21-7-6-13(20-21)18-16(24)17-12-4-2-10(3-5-12)11-8-14(22)19-15(23)9-11/h2-7,11H,8-9H2,1H3,(H,19,22,23)(H2,17,18,20,24). The molecule has 0 unspecified atom stereocenters. The minimum absolute atomic E-state index is 0.123. The van der Waals surface area contributed by atoms with Gasteiger partial charge in [0.1, 0.15) is 0 Å². The lowest BCUT2D eigenvalue weighted by Crippen LogP contribution is -2.37. The van der Waals surface area contributed by atoms with Crippen LogP contribution in [0.4, 0.5) is 16.3 Å². The van der Waals surface area contributed by atoms with Gasteiger partial charge in [0.2, 0.25) is 11.8 Å². The monoisotopic (exact) mass is 327 g/mol. The first-order valence-electron chi connectivity index (χ1n) is 7.50. The lowest BCUT2D eigenvalue weighted by Gasteiger charge is -2.21. The summed E-state index contributed by atoms with van der Waals surface area (Å²) in [4.78, 5) is 34.8. The first-order chi connectivity index (χ1) is 11.5. The number of aromatic nitrogens is 2. The van der Waals surface area contributed by atoms with E-state index in [0.29, 0.717) is 24.3 Å². The van der Waals surface area contributed by atoms with Gasteiger partial charge in [-0.05, 0) is 17.7 Å². The predicted molar refractivity (Wildman–Crippen MR) is 87.4 cm³/mol. The Morgan fingerprint density at radius 2 is 1.79 bits per heavy atom. The molecule has 1 aromatic heterocycles. The van der Waals surface area contributed by atoms with Gasteiger partial charge in [-0.3, -0.25) is 24.9 Å². The Labute approximate surface area is 138 Å². The third-order valence-electron chi connectivity index (χ3n) is 3.74. The Balaban J connectivity index is 1.61. The molecule has 2 heterocycles. The smallest absolute Gasteiger partial charge is 0.308 e. The Bertz CT molecular complexity index is 765. The van der Waals surface area contributed by atoms with Crippen LogP contribution >= 0.6 is 0 Å². The Hall–Kier alpha value is -3.16. The van der Waals surface area contributed by atoms with Crippen molar-refractivity contribution in [1.82, 2.24) is 15.1 Å². The molecule has 1 saturated heterocycles. The molecule has 0 bridgehead atoms. The van der Waals surface area contributed by atoms with E-state index in [2.05, 4.69) is 21.0 Å². The van der Waals surface area contributed by atoms with E-state index in [1.165, 1.54) is 0 Å². The zero-order valence-electron chi connectivity index (χ0n) is 13.1. The van der Waals surface area contributed by atoms with E-state index < -0.39 is 6.03 Å². The zero-order chi connectivity index (χ0) is 17.1. The summed E-state index contributed by atoms with van der Waals surface area (Å²) in [6.07, 6.45) is 2.31. The molecule has 1 aromatic carbocycles. The minimum atomic E-state index is -0.395. The van der Waals surface area contributed by atoms with E-state index in [1.54, 1.807) is 36.1 Å². The molecule has 8 nitrogen and oxygen atoms in total. The van der Waals surface area contributed by atoms with Crippen molar-refractivity contribution < 1.29 is 14.4 Å². The Morgan fingerprint density at radius 3 is 2.38 bits per heavy atom. The number of hydrogen-bond donors (Lipinski definition) is 3. The molecule has 0 radical (unpaired) electrons. The highest BCUT2D eigenvalue weighted by Crippen LogP contribution is 2.27. The second-order valence-electron chi connectivity index (χ2n) is 5.65. The molecule has 1 fully saturated rings. The van der Waals surface area contributed by atoms with Gasteiger partial charge >= 0.3 is 6.03 Å². The predicted octanol–water partition coefficient (Wildman–Crippen LogP) is 1.58. The average molecular weight is 327 g/mol. The first-order valence-corrected chi connectivity index (χ1v) is 7.50. The van der Waals surface area contributed by atoms with Gasteiger partial charge in [0.25, 0.3) is 0 Å². The number of carbonyl (C=O) groups is 3. The summed E-state index contributed by atoms with van der Waals surface area (Å²) in [5.74, 6) is -0.178. The molecule has 0 saturated carbocycles. The van der Waals surface area contributed by atoms with E-state index in [-0.39, 0.29) is 17.7 Å². The zero-order valence-corrected chi connectivity index (χ0v) is 13.1. The van der Waals surface area contributed by atoms with E-state index in [4.69, 9.17) is 0 Å². The number of hydrogen-bond acceptors (Lipinski definition) is 4. The molecule has 124 valence electrons. The van der Waals surface area contributed by atoms with Gasteiger partial charge < -0.3 is 5.32 Å². The summed E-state index contributed by atoms with van der Waals surface area (Å²) in [7, 11) is 1.76. The van der Waals surface area contributed by atoms with Crippen LogP contribution in [0.15, 0.2) is 36.5 Å². The van der Waals surface area contributed by atoms with Crippen LogP contribution in [-0.2, 0) is 16.6 Å². The van der Waals surface area contributed by atoms with Crippen LogP contribution in [0.3, 0.4) is 0 Å². The van der Waals surface area contributed by atoms with E-state index in [0.717, 1.165) is 5.56 Å². The Kier molecular flexibility index (Phi) is 4.28. The molecule has 0 aliphatic carbocycles. The lowest BCUT2D eigenvalue weighted by atomic mass is 9.89. The summed E-state index contributed by atoms with van der Waals surface area (Å²) in [6, 6.07) is 8.40. The molecular formula is C16H17N5O3. The van der Waals surface area contributed by atoms with Gasteiger partial charge in [0.15, 0.2) is 5.82 Å². The number of anilines is 2. The molecule has 8 heteroatoms. The quantitative estimate of drug-likeness (QED) is 0.744. The van der Waals surface area contributed by atoms with Crippen molar-refractivity contribution in [3.63, 3.8) is 0 Å². The van der Waals surface area contributed by atoms with Crippen LogP contribution < -0.4 is 16.0 Å². The van der Waals surface area contributed by atoms with Crippen molar-refractivity contribution >= 4 is 29.4 Å². The maximum absolute atomic E-state index is 11.9. The lowest BCUT2D eigenvalue weighted by molar-refractivity contribution is -0.133. The maximum atomic E-state index is 11.9. The highest BCUT2D eigenvalue weighted by molar-refractivity contribution is 5.99. The fraction of sp³-hybridized carbons (Fsp3) is 0.250. The number of nitrogens with zero attached hydrogens (tertiary/aromatic N) is 2. The normalized spacial score (nSPS) is 15.0. The second kappa shape index (κ2) is 6.53. The molecule has 4 amide bonds. The molecule has 1 aliphatic heterocycles. The number of amides is 4. The number of piperidine rings is 1. The average Bonchev–Trinajstić information content (AvgIpc) is 2.92. The minimum Gasteiger partial charge on any atom is -0.308 e. The van der Waals surface area contributed by atoms with Crippen molar-refractivity contribution in [1.29, 1.82) is 0 Å². The van der Waals surface area contributed by atoms with Crippen LogP contribution in [0.25, 0.3) is 0 Å². The van der Waals surface area contributed by atoms with Crippen LogP contribution in [-0.4, -0.2) is 27.6 Å². The summed E-state index contributed by atoms with van der Waals surface area (Å²) in [6.45, 7) is 0. The van der Waals surface area contributed by atoms with Crippen LogP contribution in [0.5, 0.6) is 0 Å². The van der Waals surface area contributed by atoms with Gasteiger partial charge in [-0.1, -0.05) is 12.1 Å². The molecule has 0 atom stereocenters. The van der Waals surface area contributed by atoms with E-state index in [1.807, 2.05) is 12.1 Å². The summed E-state index contributed by atoms with van der Waals surface area (Å²) in [5, 5.41) is 11.7. The number of nitrogens with one attached hydrogen (secondary N) is 3. The molecule has 1 aliphatic rings. The SMILES string of the molecule is Cn1ccc(NC(=O)Nc2ccc(C3CC(=O)NC(=O)C3)cc2)n1. The highest BCUT2D eigenvalue weighted by atomic mass is 16.2. The molecule has 24 heavy (non-hydrogen) atoms. The molecular weight excluding hydrogens is 310 g/mol. The van der Waals surface area contributed by atoms with E-state index >= 15 is 0 Å². The van der Waals surface area contributed by atoms with Crippen LogP contribution in [0.1, 0.15) is 24.3 Å². The molecule has 2 aromatic rings. The molecule has 3 N–H and O–H groups in total. The largest absolute Gasteiger partial charge is 0.324 e. The Morgan fingerprint density at radius 1 is 1.12 bits per heavy atom. The van der Waals surface area contributed by atoms with E-state index in [9.17, 15) is 14.4 Å². The fourth-order valence-corrected chi connectivity index (χ4v) is 2.61. The highest BCUT2D eigenvalue weighted by Gasteiger charge is 2.25. The topological polar surface area (TPSA) is 105 Å². The fourth-order valence-electron chi connectivity index (χ4n) is 2.61. The summed E-state index contributed by atoms with van der Waals surface area (Å²) >= 11 is 0. The second-order valence-corrected chi connectivity index (χ2v) is 5.65. The molecule has 0 spiro atoms. The van der Waals surface area contributed by atoms with Gasteiger partial charge in [0.05, 0.1) is 0 Å². The van der Waals surface area contributed by atoms with Gasteiger partial charge in [0, 0.05) is 43.8 Å². The number of benzene rings is 1. The summed E-state index contributed by atoms with van der Waals surface area (Å²) in [5.41, 5.74) is 1.51. The van der Waals surface area contributed by atoms with Crippen molar-refractivity contribution in [3.05, 3.63) is 42.1 Å². The first kappa shape index (κ1) is 15.7. The number of urea groups is 1. The number of rotatable bonds is 3. The van der Waals surface area contributed by atoms with Crippen molar-refractivity contribution in [3.8, 4) is 0 Å². The van der Waals surface area contributed by atoms with Crippen molar-refractivity contribution in [2.75, 3.05) is 10.6 Å². The molecule has 3 rings (SSSR count). The number of carbonyl (C=O) groups excluding carboxylic acids is 3. The van der Waals surface area contributed by atoms with Gasteiger partial charge in [-0.15, -0.1) is 0 Å². The summed E-state index contributed by atoms with van der Waals surface area (Å²) < 4.78 is 1.59. The van der Waals surface area contributed by atoms with Gasteiger partial charge in [-0.25, -0.2) is 4.79 Å². The van der Waals surface area contributed by atoms with Crippen LogP contribution in [0.2, 0.25) is 0 Å². The maximum Gasteiger partial charge on any atom is 0.324 e. The third-order valence-corrected chi connectivity index (χ3v) is 3.74. The number of aryl methyl sites for hydroxylation is 1. The van der Waals surface area contributed by atoms with Crippen LogP contribution in [0, 0.1) is 0 Å².